The zero-order valence-electron chi connectivity index (χ0n) is 8.68. The highest BCUT2D eigenvalue weighted by Gasteiger charge is 2.07. The van der Waals surface area contributed by atoms with Crippen LogP contribution in [0.4, 0.5) is 0 Å². The van der Waals surface area contributed by atoms with E-state index in [9.17, 15) is 5.11 Å². The van der Waals surface area contributed by atoms with Crippen LogP contribution in [0, 0.1) is 0 Å². The number of aromatic nitrogens is 3. The summed E-state index contributed by atoms with van der Waals surface area (Å²) < 4.78 is 0. The van der Waals surface area contributed by atoms with E-state index in [4.69, 9.17) is 11.6 Å². The minimum Gasteiger partial charge on any atom is -0.506 e. The summed E-state index contributed by atoms with van der Waals surface area (Å²) in [6, 6.07) is 6.80. The van der Waals surface area contributed by atoms with E-state index in [1.54, 1.807) is 30.6 Å². The van der Waals surface area contributed by atoms with E-state index in [0.29, 0.717) is 10.8 Å². The number of halogens is 1. The fourth-order valence-corrected chi connectivity index (χ4v) is 1.83. The van der Waals surface area contributed by atoms with Crippen LogP contribution in [0.1, 0.15) is 0 Å². The van der Waals surface area contributed by atoms with Crippen molar-refractivity contribution in [1.82, 2.24) is 15.0 Å². The van der Waals surface area contributed by atoms with E-state index < -0.39 is 0 Å². The maximum atomic E-state index is 9.36. The Morgan fingerprint density at radius 3 is 2.88 bits per heavy atom. The zero-order chi connectivity index (χ0) is 11.8. The zero-order valence-corrected chi connectivity index (χ0v) is 9.44. The van der Waals surface area contributed by atoms with Crippen molar-refractivity contribution >= 4 is 22.6 Å². The van der Waals surface area contributed by atoms with Crippen molar-refractivity contribution in [2.75, 3.05) is 0 Å². The molecule has 0 saturated heterocycles. The standard InChI is InChI=1S/C12H8ClN3O/c13-8-5-7(1-2-11(8)17)12-15-9-3-4-14-6-10(9)16-12/h1-6,17H,(H,15,16). The molecule has 0 amide bonds. The third-order valence-electron chi connectivity index (χ3n) is 2.50. The molecular formula is C12H8ClN3O. The number of phenolic OH excluding ortho intramolecular Hbond substituents is 1. The predicted octanol–water partition coefficient (Wildman–Crippen LogP) is 2.98. The van der Waals surface area contributed by atoms with E-state index in [1.807, 2.05) is 6.07 Å². The number of fused-ring (bicyclic) bond motifs is 1. The summed E-state index contributed by atoms with van der Waals surface area (Å²) in [4.78, 5) is 11.6. The minimum atomic E-state index is 0.0631. The lowest BCUT2D eigenvalue weighted by atomic mass is 10.2. The largest absolute Gasteiger partial charge is 0.506 e. The minimum absolute atomic E-state index is 0.0631. The van der Waals surface area contributed by atoms with Gasteiger partial charge in [-0.05, 0) is 24.3 Å². The highest BCUT2D eigenvalue weighted by Crippen LogP contribution is 2.28. The molecular weight excluding hydrogens is 238 g/mol. The highest BCUT2D eigenvalue weighted by molar-refractivity contribution is 6.32. The van der Waals surface area contributed by atoms with Gasteiger partial charge in [0.1, 0.15) is 11.6 Å². The molecule has 1 aromatic carbocycles. The van der Waals surface area contributed by atoms with E-state index >= 15 is 0 Å². The number of rotatable bonds is 1. The van der Waals surface area contributed by atoms with Crippen LogP contribution in [0.2, 0.25) is 5.02 Å². The quantitative estimate of drug-likeness (QED) is 0.693. The van der Waals surface area contributed by atoms with Gasteiger partial charge in [0.25, 0.3) is 0 Å². The molecule has 0 saturated carbocycles. The molecule has 0 bridgehead atoms. The molecule has 17 heavy (non-hydrogen) atoms. The van der Waals surface area contributed by atoms with E-state index in [0.717, 1.165) is 16.6 Å². The predicted molar refractivity (Wildman–Crippen MR) is 66.0 cm³/mol. The molecule has 0 aliphatic heterocycles. The summed E-state index contributed by atoms with van der Waals surface area (Å²) in [5, 5.41) is 9.66. The number of benzene rings is 1. The molecule has 0 unspecified atom stereocenters. The molecule has 84 valence electrons. The lowest BCUT2D eigenvalue weighted by Gasteiger charge is -1.99. The van der Waals surface area contributed by atoms with Gasteiger partial charge in [-0.25, -0.2) is 4.98 Å². The number of nitrogens with one attached hydrogen (secondary N) is 1. The van der Waals surface area contributed by atoms with Crippen LogP contribution in [0.15, 0.2) is 36.7 Å². The summed E-state index contributed by atoms with van der Waals surface area (Å²) in [5.41, 5.74) is 2.54. The van der Waals surface area contributed by atoms with Gasteiger partial charge in [0.15, 0.2) is 0 Å². The van der Waals surface area contributed by atoms with Crippen molar-refractivity contribution in [3.63, 3.8) is 0 Å². The Balaban J connectivity index is 2.17. The van der Waals surface area contributed by atoms with Crippen molar-refractivity contribution in [3.05, 3.63) is 41.7 Å². The second kappa shape index (κ2) is 3.75. The molecule has 0 aliphatic rings. The second-order valence-electron chi connectivity index (χ2n) is 3.64. The Bertz CT molecular complexity index is 660. The fourth-order valence-electron chi connectivity index (χ4n) is 1.65. The summed E-state index contributed by atoms with van der Waals surface area (Å²) >= 11 is 5.86. The molecule has 0 atom stereocenters. The SMILES string of the molecule is Oc1ccc(-c2nc3ccncc3[nH]2)cc1Cl. The molecule has 5 heteroatoms. The first-order chi connectivity index (χ1) is 8.24. The third kappa shape index (κ3) is 1.72. The molecule has 0 spiro atoms. The number of H-pyrrole nitrogens is 1. The lowest BCUT2D eigenvalue weighted by Crippen LogP contribution is -1.80. The van der Waals surface area contributed by atoms with Crippen LogP contribution in [-0.4, -0.2) is 20.1 Å². The number of imidazole rings is 1. The molecule has 2 heterocycles. The van der Waals surface area contributed by atoms with Gasteiger partial charge in [-0.1, -0.05) is 11.6 Å². The number of hydrogen-bond acceptors (Lipinski definition) is 3. The number of phenols is 1. The van der Waals surface area contributed by atoms with Crippen molar-refractivity contribution in [2.45, 2.75) is 0 Å². The van der Waals surface area contributed by atoms with E-state index in [-0.39, 0.29) is 5.75 Å². The van der Waals surface area contributed by atoms with Gasteiger partial charge in [0, 0.05) is 11.8 Å². The summed E-state index contributed by atoms with van der Waals surface area (Å²) in [7, 11) is 0. The fraction of sp³-hybridized carbons (Fsp3) is 0. The maximum absolute atomic E-state index is 9.36. The maximum Gasteiger partial charge on any atom is 0.138 e. The monoisotopic (exact) mass is 245 g/mol. The smallest absolute Gasteiger partial charge is 0.138 e. The van der Waals surface area contributed by atoms with Gasteiger partial charge in [-0.15, -0.1) is 0 Å². The van der Waals surface area contributed by atoms with Crippen molar-refractivity contribution in [2.24, 2.45) is 0 Å². The Hall–Kier alpha value is -2.07. The van der Waals surface area contributed by atoms with Gasteiger partial charge in [-0.3, -0.25) is 4.98 Å². The average Bonchev–Trinajstić information content (AvgIpc) is 2.76. The van der Waals surface area contributed by atoms with Gasteiger partial charge >= 0.3 is 0 Å². The number of pyridine rings is 1. The Morgan fingerprint density at radius 2 is 2.12 bits per heavy atom. The van der Waals surface area contributed by atoms with Crippen LogP contribution >= 0.6 is 11.6 Å². The lowest BCUT2D eigenvalue weighted by molar-refractivity contribution is 0.475. The van der Waals surface area contributed by atoms with Crippen LogP contribution in [0.25, 0.3) is 22.4 Å². The van der Waals surface area contributed by atoms with Crippen LogP contribution in [0.5, 0.6) is 5.75 Å². The van der Waals surface area contributed by atoms with Crippen LogP contribution < -0.4 is 0 Å². The van der Waals surface area contributed by atoms with Gasteiger partial charge < -0.3 is 10.1 Å². The van der Waals surface area contributed by atoms with Gasteiger partial charge in [0.2, 0.25) is 0 Å². The summed E-state index contributed by atoms with van der Waals surface area (Å²) in [6.07, 6.45) is 3.41. The van der Waals surface area contributed by atoms with Crippen molar-refractivity contribution in [3.8, 4) is 17.1 Å². The number of hydrogen-bond donors (Lipinski definition) is 2. The molecule has 0 radical (unpaired) electrons. The Labute approximate surface area is 102 Å². The van der Waals surface area contributed by atoms with Crippen LogP contribution in [-0.2, 0) is 0 Å². The molecule has 3 aromatic rings. The van der Waals surface area contributed by atoms with E-state index in [1.165, 1.54) is 0 Å². The topological polar surface area (TPSA) is 61.8 Å². The van der Waals surface area contributed by atoms with Gasteiger partial charge in [-0.2, -0.15) is 0 Å². The first-order valence-corrected chi connectivity index (χ1v) is 5.40. The van der Waals surface area contributed by atoms with Crippen LogP contribution in [0.3, 0.4) is 0 Å². The van der Waals surface area contributed by atoms with Gasteiger partial charge in [0.05, 0.1) is 22.3 Å². The summed E-state index contributed by atoms with van der Waals surface area (Å²) in [6.45, 7) is 0. The number of aromatic hydroxyl groups is 1. The number of nitrogens with zero attached hydrogens (tertiary/aromatic N) is 2. The second-order valence-corrected chi connectivity index (χ2v) is 4.05. The summed E-state index contributed by atoms with van der Waals surface area (Å²) in [5.74, 6) is 0.767. The Kier molecular flexibility index (Phi) is 2.23. The number of aromatic amines is 1. The Morgan fingerprint density at radius 1 is 1.24 bits per heavy atom. The molecule has 2 N–H and O–H groups in total. The third-order valence-corrected chi connectivity index (χ3v) is 2.81. The van der Waals surface area contributed by atoms with E-state index in [2.05, 4.69) is 15.0 Å². The van der Waals surface area contributed by atoms with Crippen molar-refractivity contribution in [1.29, 1.82) is 0 Å². The van der Waals surface area contributed by atoms with Crippen molar-refractivity contribution < 1.29 is 5.11 Å². The average molecular weight is 246 g/mol. The molecule has 0 aliphatic carbocycles. The highest BCUT2D eigenvalue weighted by atomic mass is 35.5. The normalized spacial score (nSPS) is 10.9. The molecule has 4 nitrogen and oxygen atoms in total. The molecule has 0 fully saturated rings. The molecule has 3 rings (SSSR count). The first-order valence-electron chi connectivity index (χ1n) is 5.02. The first kappa shape index (κ1) is 10.1. The molecule has 2 aromatic heterocycles.